The van der Waals surface area contributed by atoms with E-state index in [1.54, 1.807) is 28.9 Å². The molecule has 2 aromatic carbocycles. The summed E-state index contributed by atoms with van der Waals surface area (Å²) in [6.07, 6.45) is 3.71. The molecule has 0 spiro atoms. The highest BCUT2D eigenvalue weighted by molar-refractivity contribution is 5.95. The van der Waals surface area contributed by atoms with Crippen molar-refractivity contribution in [2.24, 2.45) is 7.05 Å². The van der Waals surface area contributed by atoms with Gasteiger partial charge in [-0.3, -0.25) is 9.89 Å². The van der Waals surface area contributed by atoms with Crippen LogP contribution in [-0.4, -0.2) is 43.1 Å². The van der Waals surface area contributed by atoms with Crippen LogP contribution in [0.5, 0.6) is 0 Å². The van der Waals surface area contributed by atoms with Gasteiger partial charge < -0.3 is 10.6 Å². The number of amides is 1. The first-order valence-corrected chi connectivity index (χ1v) is 10.8. The fourth-order valence-corrected chi connectivity index (χ4v) is 4.03. The van der Waals surface area contributed by atoms with Crippen LogP contribution in [0.25, 0.3) is 22.3 Å². The molecule has 0 saturated heterocycles. The molecule has 0 radical (unpaired) electrons. The summed E-state index contributed by atoms with van der Waals surface area (Å²) in [6, 6.07) is 10.8. The van der Waals surface area contributed by atoms with Gasteiger partial charge in [0.15, 0.2) is 5.82 Å². The number of aromatic nitrogens is 5. The van der Waals surface area contributed by atoms with E-state index in [1.165, 1.54) is 18.4 Å². The molecule has 2 saturated carbocycles. The quantitative estimate of drug-likeness (QED) is 0.431. The average molecular weight is 431 g/mol. The van der Waals surface area contributed by atoms with Gasteiger partial charge in [0, 0.05) is 35.7 Å². The lowest BCUT2D eigenvalue weighted by Gasteiger charge is -2.11. The van der Waals surface area contributed by atoms with Gasteiger partial charge in [0.05, 0.1) is 17.8 Å². The SMILES string of the molecule is Cn1nc(-c2ccc(C(=O)NC3CC3F)cc2)nc1Nc1ccc2[nH]ncc2c1C1CC1. The summed E-state index contributed by atoms with van der Waals surface area (Å²) in [6.45, 7) is 0. The lowest BCUT2D eigenvalue weighted by molar-refractivity contribution is 0.0947. The summed E-state index contributed by atoms with van der Waals surface area (Å²) in [5, 5.41) is 19.0. The van der Waals surface area contributed by atoms with E-state index in [9.17, 15) is 9.18 Å². The topological polar surface area (TPSA) is 101 Å². The van der Waals surface area contributed by atoms with Gasteiger partial charge in [-0.25, -0.2) is 9.07 Å². The molecular formula is C23H22FN7O. The molecule has 2 aliphatic carbocycles. The van der Waals surface area contributed by atoms with Crippen molar-refractivity contribution in [3.8, 4) is 11.4 Å². The van der Waals surface area contributed by atoms with Gasteiger partial charge in [-0.2, -0.15) is 10.1 Å². The number of alkyl halides is 1. The second-order valence-electron chi connectivity index (χ2n) is 8.55. The number of benzene rings is 2. The van der Waals surface area contributed by atoms with Crippen molar-refractivity contribution in [2.75, 3.05) is 5.32 Å². The van der Waals surface area contributed by atoms with E-state index in [-0.39, 0.29) is 11.9 Å². The number of aromatic amines is 1. The second-order valence-corrected chi connectivity index (χ2v) is 8.55. The number of aryl methyl sites for hydroxylation is 1. The maximum absolute atomic E-state index is 13.0. The van der Waals surface area contributed by atoms with E-state index >= 15 is 0 Å². The van der Waals surface area contributed by atoms with Crippen LogP contribution in [0.1, 0.15) is 41.1 Å². The molecule has 6 rings (SSSR count). The van der Waals surface area contributed by atoms with Gasteiger partial charge in [0.25, 0.3) is 5.91 Å². The molecule has 8 nitrogen and oxygen atoms in total. The van der Waals surface area contributed by atoms with Crippen molar-refractivity contribution >= 4 is 28.4 Å². The Morgan fingerprint density at radius 2 is 1.97 bits per heavy atom. The molecule has 9 heteroatoms. The molecule has 0 bridgehead atoms. The van der Waals surface area contributed by atoms with Gasteiger partial charge in [-0.15, -0.1) is 5.10 Å². The van der Waals surface area contributed by atoms with Gasteiger partial charge in [0.1, 0.15) is 6.17 Å². The maximum atomic E-state index is 13.0. The Balaban J connectivity index is 1.24. The summed E-state index contributed by atoms with van der Waals surface area (Å²) in [4.78, 5) is 16.9. The number of rotatable bonds is 6. The van der Waals surface area contributed by atoms with E-state index in [0.717, 1.165) is 22.2 Å². The number of anilines is 2. The Bertz CT molecular complexity index is 1320. The molecule has 162 valence electrons. The highest BCUT2D eigenvalue weighted by Crippen LogP contribution is 2.47. The zero-order chi connectivity index (χ0) is 21.8. The number of H-pyrrole nitrogens is 1. The summed E-state index contributed by atoms with van der Waals surface area (Å²) >= 11 is 0. The summed E-state index contributed by atoms with van der Waals surface area (Å²) in [7, 11) is 1.84. The Labute approximate surface area is 183 Å². The molecule has 2 aromatic heterocycles. The minimum atomic E-state index is -0.920. The number of carbonyl (C=O) groups excluding carboxylic acids is 1. The molecule has 32 heavy (non-hydrogen) atoms. The number of hydrogen-bond donors (Lipinski definition) is 3. The zero-order valence-corrected chi connectivity index (χ0v) is 17.5. The van der Waals surface area contributed by atoms with Crippen molar-refractivity contribution in [1.29, 1.82) is 0 Å². The molecule has 4 aromatic rings. The van der Waals surface area contributed by atoms with Crippen LogP contribution < -0.4 is 10.6 Å². The van der Waals surface area contributed by atoms with Crippen LogP contribution in [0.3, 0.4) is 0 Å². The lowest BCUT2D eigenvalue weighted by Crippen LogP contribution is -2.26. The number of nitrogens with zero attached hydrogens (tertiary/aromatic N) is 4. The minimum Gasteiger partial charge on any atom is -0.346 e. The second kappa shape index (κ2) is 7.15. The van der Waals surface area contributed by atoms with E-state index < -0.39 is 6.17 Å². The van der Waals surface area contributed by atoms with Gasteiger partial charge in [-0.05, 0) is 48.6 Å². The smallest absolute Gasteiger partial charge is 0.251 e. The number of fused-ring (bicyclic) bond motifs is 1. The Kier molecular flexibility index (Phi) is 4.24. The van der Waals surface area contributed by atoms with E-state index in [1.807, 2.05) is 19.3 Å². The summed E-state index contributed by atoms with van der Waals surface area (Å²) < 4.78 is 14.7. The van der Waals surface area contributed by atoms with Crippen molar-refractivity contribution in [3.63, 3.8) is 0 Å². The molecule has 3 N–H and O–H groups in total. The van der Waals surface area contributed by atoms with Crippen LogP contribution in [-0.2, 0) is 7.05 Å². The molecule has 2 aliphatic rings. The van der Waals surface area contributed by atoms with E-state index in [4.69, 9.17) is 0 Å². The van der Waals surface area contributed by atoms with Gasteiger partial charge >= 0.3 is 0 Å². The predicted octanol–water partition coefficient (Wildman–Crippen LogP) is 3.82. The van der Waals surface area contributed by atoms with Crippen molar-refractivity contribution in [1.82, 2.24) is 30.3 Å². The third-order valence-electron chi connectivity index (χ3n) is 6.10. The zero-order valence-electron chi connectivity index (χ0n) is 17.5. The highest BCUT2D eigenvalue weighted by Gasteiger charge is 2.38. The number of halogens is 1. The molecule has 2 atom stereocenters. The molecule has 0 aliphatic heterocycles. The summed E-state index contributed by atoms with van der Waals surface area (Å²) in [5.74, 6) is 1.47. The number of nitrogens with one attached hydrogen (secondary N) is 3. The number of hydrogen-bond acceptors (Lipinski definition) is 5. The van der Waals surface area contributed by atoms with Crippen molar-refractivity contribution in [3.05, 3.63) is 53.7 Å². The van der Waals surface area contributed by atoms with Gasteiger partial charge in [-0.1, -0.05) is 12.1 Å². The first-order valence-electron chi connectivity index (χ1n) is 10.8. The Morgan fingerprint density at radius 3 is 2.69 bits per heavy atom. The molecule has 2 fully saturated rings. The van der Waals surface area contributed by atoms with Crippen LogP contribution in [0.2, 0.25) is 0 Å². The van der Waals surface area contributed by atoms with Crippen molar-refractivity contribution in [2.45, 2.75) is 37.4 Å². The van der Waals surface area contributed by atoms with Crippen LogP contribution in [0.4, 0.5) is 16.0 Å². The highest BCUT2D eigenvalue weighted by atomic mass is 19.1. The molecular weight excluding hydrogens is 409 g/mol. The lowest BCUT2D eigenvalue weighted by atomic mass is 10.0. The third kappa shape index (κ3) is 3.39. The molecule has 1 amide bonds. The fraction of sp³-hybridized carbons (Fsp3) is 0.304. The van der Waals surface area contributed by atoms with Gasteiger partial charge in [0.2, 0.25) is 5.95 Å². The fourth-order valence-electron chi connectivity index (χ4n) is 4.03. The maximum Gasteiger partial charge on any atom is 0.251 e. The van der Waals surface area contributed by atoms with Crippen LogP contribution >= 0.6 is 0 Å². The largest absolute Gasteiger partial charge is 0.346 e. The first kappa shape index (κ1) is 19.0. The summed E-state index contributed by atoms with van der Waals surface area (Å²) in [5.41, 5.74) is 4.60. The third-order valence-corrected chi connectivity index (χ3v) is 6.10. The normalized spacial score (nSPS) is 19.8. The van der Waals surface area contributed by atoms with Crippen LogP contribution in [0, 0.1) is 0 Å². The molecule has 2 heterocycles. The Morgan fingerprint density at radius 1 is 1.19 bits per heavy atom. The molecule has 2 unspecified atom stereocenters. The number of carbonyl (C=O) groups is 1. The van der Waals surface area contributed by atoms with Crippen molar-refractivity contribution < 1.29 is 9.18 Å². The predicted molar refractivity (Wildman–Crippen MR) is 119 cm³/mol. The Hall–Kier alpha value is -3.75. The monoisotopic (exact) mass is 431 g/mol. The van der Waals surface area contributed by atoms with E-state index in [2.05, 4.69) is 37.0 Å². The standard InChI is InChI=1S/C23H22FN7O/c1-31-23(27-18-9-8-17-15(11-25-29-17)20(18)12-2-3-12)28-21(30-31)13-4-6-14(7-5-13)22(32)26-19-10-16(19)24/h4-9,11-12,16,19H,2-3,10H2,1H3,(H,25,29)(H,26,32)(H,27,28,30). The van der Waals surface area contributed by atoms with Crippen LogP contribution in [0.15, 0.2) is 42.6 Å². The first-order chi connectivity index (χ1) is 15.6. The van der Waals surface area contributed by atoms with E-state index in [0.29, 0.717) is 29.7 Å². The minimum absolute atomic E-state index is 0.264. The average Bonchev–Trinajstić information content (AvgIpc) is 3.66.